The summed E-state index contributed by atoms with van der Waals surface area (Å²) < 4.78 is 10.4. The number of rotatable bonds is 6. The highest BCUT2D eigenvalue weighted by Gasteiger charge is 2.09. The van der Waals surface area contributed by atoms with Gasteiger partial charge in [-0.05, 0) is 17.7 Å². The second-order valence-electron chi connectivity index (χ2n) is 3.97. The minimum Gasteiger partial charge on any atom is -0.489 e. The number of H-pyrrole nitrogens is 1. The lowest BCUT2D eigenvalue weighted by atomic mass is 10.1. The van der Waals surface area contributed by atoms with Crippen molar-refractivity contribution in [2.75, 3.05) is 25.6 Å². The molecule has 20 heavy (non-hydrogen) atoms. The van der Waals surface area contributed by atoms with E-state index < -0.39 is 6.09 Å². The van der Waals surface area contributed by atoms with Gasteiger partial charge in [-0.2, -0.15) is 5.10 Å². The summed E-state index contributed by atoms with van der Waals surface area (Å²) in [6.07, 6.45) is 2.29. The van der Waals surface area contributed by atoms with Gasteiger partial charge in [0, 0.05) is 18.9 Å². The molecule has 0 aliphatic heterocycles. The molecule has 106 valence electrons. The Kier molecular flexibility index (Phi) is 4.56. The summed E-state index contributed by atoms with van der Waals surface area (Å²) in [5, 5.41) is 17.7. The van der Waals surface area contributed by atoms with Crippen molar-refractivity contribution in [3.05, 3.63) is 30.6 Å². The molecule has 7 nitrogen and oxygen atoms in total. The van der Waals surface area contributed by atoms with E-state index >= 15 is 0 Å². The van der Waals surface area contributed by atoms with Gasteiger partial charge in [-0.15, -0.1) is 0 Å². The predicted molar refractivity (Wildman–Crippen MR) is 73.0 cm³/mol. The molecule has 0 radical (unpaired) electrons. The van der Waals surface area contributed by atoms with Crippen molar-refractivity contribution in [1.82, 2.24) is 10.2 Å². The first-order valence-electron chi connectivity index (χ1n) is 5.95. The zero-order valence-corrected chi connectivity index (χ0v) is 10.9. The number of ether oxygens (including phenoxy) is 2. The number of aromatic amines is 1. The number of benzene rings is 1. The van der Waals surface area contributed by atoms with Crippen molar-refractivity contribution in [2.24, 2.45) is 0 Å². The van der Waals surface area contributed by atoms with Gasteiger partial charge >= 0.3 is 6.09 Å². The molecule has 3 N–H and O–H groups in total. The largest absolute Gasteiger partial charge is 0.489 e. The van der Waals surface area contributed by atoms with Crippen LogP contribution in [0.5, 0.6) is 5.75 Å². The fourth-order valence-electron chi connectivity index (χ4n) is 1.68. The van der Waals surface area contributed by atoms with Crippen molar-refractivity contribution in [3.8, 4) is 16.9 Å². The summed E-state index contributed by atoms with van der Waals surface area (Å²) in [6, 6.07) is 5.20. The first-order valence-corrected chi connectivity index (χ1v) is 5.95. The highest BCUT2D eigenvalue weighted by molar-refractivity contribution is 5.86. The van der Waals surface area contributed by atoms with Crippen molar-refractivity contribution < 1.29 is 19.4 Å². The van der Waals surface area contributed by atoms with Crippen molar-refractivity contribution in [1.29, 1.82) is 0 Å². The summed E-state index contributed by atoms with van der Waals surface area (Å²) in [4.78, 5) is 10.8. The summed E-state index contributed by atoms with van der Waals surface area (Å²) in [7, 11) is 1.57. The highest BCUT2D eigenvalue weighted by Crippen LogP contribution is 2.30. The third-order valence-corrected chi connectivity index (χ3v) is 2.60. The number of hydrogen-bond donors (Lipinski definition) is 3. The molecular weight excluding hydrogens is 262 g/mol. The number of carboxylic acid groups (broad SMARTS) is 1. The second kappa shape index (κ2) is 6.58. The Balaban J connectivity index is 2.26. The van der Waals surface area contributed by atoms with E-state index in [0.717, 1.165) is 11.1 Å². The standard InChI is InChI=1S/C13H15N3O4/c1-19-4-5-20-12-6-9(10-7-14-15-8-10)2-3-11(12)16-13(17)18/h2-3,6-8,16H,4-5H2,1H3,(H,14,15)(H,17,18). The number of amides is 1. The Bertz CT molecular complexity index is 569. The third kappa shape index (κ3) is 3.48. The van der Waals surface area contributed by atoms with E-state index in [0.29, 0.717) is 24.7 Å². The molecule has 1 amide bonds. The predicted octanol–water partition coefficient (Wildman–Crippen LogP) is 2.19. The van der Waals surface area contributed by atoms with Crippen LogP contribution in [0.25, 0.3) is 11.1 Å². The Morgan fingerprint density at radius 3 is 2.90 bits per heavy atom. The average Bonchev–Trinajstić information content (AvgIpc) is 2.94. The monoisotopic (exact) mass is 277 g/mol. The summed E-state index contributed by atoms with van der Waals surface area (Å²) in [6.45, 7) is 0.752. The summed E-state index contributed by atoms with van der Waals surface area (Å²) in [5.74, 6) is 0.447. The van der Waals surface area contributed by atoms with Crippen LogP contribution in [0.15, 0.2) is 30.6 Å². The lowest BCUT2D eigenvalue weighted by Crippen LogP contribution is -2.11. The van der Waals surface area contributed by atoms with Crippen molar-refractivity contribution in [3.63, 3.8) is 0 Å². The van der Waals surface area contributed by atoms with Crippen molar-refractivity contribution >= 4 is 11.8 Å². The number of nitrogens with zero attached hydrogens (tertiary/aromatic N) is 1. The van der Waals surface area contributed by atoms with Crippen LogP contribution < -0.4 is 10.1 Å². The van der Waals surface area contributed by atoms with Crippen LogP contribution in [-0.2, 0) is 4.74 Å². The molecule has 0 aliphatic rings. The first-order chi connectivity index (χ1) is 9.70. The van der Waals surface area contributed by atoms with Crippen LogP contribution in [0.4, 0.5) is 10.5 Å². The molecule has 1 aromatic heterocycles. The molecule has 7 heteroatoms. The number of hydrogen-bond acceptors (Lipinski definition) is 4. The van der Waals surface area contributed by atoms with Gasteiger partial charge in [0.15, 0.2) is 0 Å². The van der Waals surface area contributed by atoms with E-state index in [2.05, 4.69) is 15.5 Å². The van der Waals surface area contributed by atoms with Gasteiger partial charge in [0.2, 0.25) is 0 Å². The third-order valence-electron chi connectivity index (χ3n) is 2.60. The molecule has 0 atom stereocenters. The van der Waals surface area contributed by atoms with E-state index in [9.17, 15) is 4.79 Å². The topological polar surface area (TPSA) is 96.5 Å². The molecule has 0 spiro atoms. The Labute approximate surface area is 115 Å². The number of aromatic nitrogens is 2. The minimum atomic E-state index is -1.14. The van der Waals surface area contributed by atoms with Gasteiger partial charge in [-0.3, -0.25) is 10.4 Å². The molecule has 1 heterocycles. The number of carbonyl (C=O) groups is 1. The number of nitrogens with one attached hydrogen (secondary N) is 2. The molecule has 0 aliphatic carbocycles. The van der Waals surface area contributed by atoms with Crippen LogP contribution in [-0.4, -0.2) is 41.7 Å². The molecule has 0 saturated carbocycles. The molecule has 2 rings (SSSR count). The van der Waals surface area contributed by atoms with E-state index in [1.807, 2.05) is 0 Å². The second-order valence-corrected chi connectivity index (χ2v) is 3.97. The zero-order chi connectivity index (χ0) is 14.4. The number of methoxy groups -OCH3 is 1. The average molecular weight is 277 g/mol. The zero-order valence-electron chi connectivity index (χ0n) is 10.9. The molecule has 0 fully saturated rings. The van der Waals surface area contributed by atoms with Gasteiger partial charge in [-0.1, -0.05) is 6.07 Å². The molecule has 0 unspecified atom stereocenters. The fourth-order valence-corrected chi connectivity index (χ4v) is 1.68. The summed E-state index contributed by atoms with van der Waals surface area (Å²) in [5.41, 5.74) is 2.16. The maximum absolute atomic E-state index is 10.8. The lowest BCUT2D eigenvalue weighted by Gasteiger charge is -2.12. The van der Waals surface area contributed by atoms with E-state index in [1.54, 1.807) is 37.7 Å². The van der Waals surface area contributed by atoms with Gasteiger partial charge < -0.3 is 14.6 Å². The Morgan fingerprint density at radius 2 is 2.25 bits per heavy atom. The maximum Gasteiger partial charge on any atom is 0.409 e. The molecule has 1 aromatic carbocycles. The quantitative estimate of drug-likeness (QED) is 0.703. The van der Waals surface area contributed by atoms with Crippen molar-refractivity contribution in [2.45, 2.75) is 0 Å². The first kappa shape index (κ1) is 13.9. The summed E-state index contributed by atoms with van der Waals surface area (Å²) >= 11 is 0. The maximum atomic E-state index is 10.8. The van der Waals surface area contributed by atoms with Crippen LogP contribution in [0.1, 0.15) is 0 Å². The van der Waals surface area contributed by atoms with Gasteiger partial charge in [-0.25, -0.2) is 4.79 Å². The van der Waals surface area contributed by atoms with Crippen LogP contribution in [0, 0.1) is 0 Å². The smallest absolute Gasteiger partial charge is 0.409 e. The highest BCUT2D eigenvalue weighted by atomic mass is 16.5. The van der Waals surface area contributed by atoms with Gasteiger partial charge in [0.25, 0.3) is 0 Å². The number of anilines is 1. The molecule has 0 saturated heterocycles. The van der Waals surface area contributed by atoms with E-state index in [-0.39, 0.29) is 0 Å². The molecule has 2 aromatic rings. The minimum absolute atomic E-state index is 0.333. The van der Waals surface area contributed by atoms with Crippen LogP contribution in [0.3, 0.4) is 0 Å². The van der Waals surface area contributed by atoms with E-state index in [4.69, 9.17) is 14.6 Å². The normalized spacial score (nSPS) is 10.2. The lowest BCUT2D eigenvalue weighted by molar-refractivity contribution is 0.146. The van der Waals surface area contributed by atoms with Crippen LogP contribution in [0.2, 0.25) is 0 Å². The molecule has 0 bridgehead atoms. The fraction of sp³-hybridized carbons (Fsp3) is 0.231. The Morgan fingerprint density at radius 1 is 1.40 bits per heavy atom. The van der Waals surface area contributed by atoms with Gasteiger partial charge in [0.05, 0.1) is 18.5 Å². The molecular formula is C13H15N3O4. The SMILES string of the molecule is COCCOc1cc(-c2cn[nH]c2)ccc1NC(=O)O. The van der Waals surface area contributed by atoms with Crippen LogP contribution >= 0.6 is 0 Å². The Hall–Kier alpha value is -2.54. The van der Waals surface area contributed by atoms with Gasteiger partial charge in [0.1, 0.15) is 12.4 Å². The van der Waals surface area contributed by atoms with E-state index in [1.165, 1.54) is 0 Å².